The fourth-order valence-corrected chi connectivity index (χ4v) is 3.38. The average molecular weight is 407 g/mol. The third-order valence-electron chi connectivity index (χ3n) is 5.22. The summed E-state index contributed by atoms with van der Waals surface area (Å²) in [5, 5.41) is 29.3. The van der Waals surface area contributed by atoms with Crippen LogP contribution in [0, 0.1) is 0 Å². The molecular formula is C18H33NO9. The quantitative estimate of drug-likeness (QED) is 0.323. The predicted molar refractivity (Wildman–Crippen MR) is 96.1 cm³/mol. The van der Waals surface area contributed by atoms with Crippen molar-refractivity contribution in [3.05, 3.63) is 0 Å². The lowest BCUT2D eigenvalue weighted by Crippen LogP contribution is -2.39. The second kappa shape index (κ2) is 11.7. The Morgan fingerprint density at radius 2 is 0.893 bits per heavy atom. The van der Waals surface area contributed by atoms with Crippen LogP contribution in [-0.4, -0.2) is 136 Å². The molecule has 3 saturated heterocycles. The van der Waals surface area contributed by atoms with Crippen LogP contribution in [0.1, 0.15) is 0 Å². The van der Waals surface area contributed by atoms with Crippen molar-refractivity contribution in [3.63, 3.8) is 0 Å². The van der Waals surface area contributed by atoms with Gasteiger partial charge in [-0.2, -0.15) is 0 Å². The molecule has 3 fully saturated rings. The minimum atomic E-state index is -0.576. The van der Waals surface area contributed by atoms with Crippen LogP contribution in [0.25, 0.3) is 0 Å². The fourth-order valence-electron chi connectivity index (χ4n) is 3.38. The largest absolute Gasteiger partial charge is 0.388 e. The first-order valence-corrected chi connectivity index (χ1v) is 9.98. The molecule has 3 aliphatic heterocycles. The smallest absolute Gasteiger partial charge is 0.109 e. The molecule has 3 N–H and O–H groups in total. The summed E-state index contributed by atoms with van der Waals surface area (Å²) in [6, 6.07) is 0. The van der Waals surface area contributed by atoms with Gasteiger partial charge in [0.05, 0.1) is 59.5 Å². The van der Waals surface area contributed by atoms with E-state index in [0.717, 1.165) is 0 Å². The van der Waals surface area contributed by atoms with Crippen LogP contribution < -0.4 is 0 Å². The van der Waals surface area contributed by atoms with Crippen LogP contribution in [-0.2, 0) is 28.4 Å². The van der Waals surface area contributed by atoms with E-state index < -0.39 is 18.3 Å². The molecule has 3 rings (SSSR count). The van der Waals surface area contributed by atoms with Crippen molar-refractivity contribution in [2.45, 2.75) is 36.6 Å². The van der Waals surface area contributed by atoms with Crippen LogP contribution in [0.2, 0.25) is 0 Å². The van der Waals surface area contributed by atoms with Gasteiger partial charge in [0.25, 0.3) is 0 Å². The summed E-state index contributed by atoms with van der Waals surface area (Å²) in [6.07, 6.45) is -2.59. The molecule has 6 atom stereocenters. The number of aliphatic hydroxyl groups is 3. The Bertz CT molecular complexity index is 381. The zero-order valence-electron chi connectivity index (χ0n) is 16.2. The van der Waals surface area contributed by atoms with E-state index in [2.05, 4.69) is 4.90 Å². The first-order valence-electron chi connectivity index (χ1n) is 9.98. The van der Waals surface area contributed by atoms with Crippen molar-refractivity contribution < 1.29 is 43.7 Å². The van der Waals surface area contributed by atoms with Gasteiger partial charge in [0.2, 0.25) is 0 Å². The van der Waals surface area contributed by atoms with Gasteiger partial charge in [0.1, 0.15) is 36.6 Å². The van der Waals surface area contributed by atoms with Crippen LogP contribution in [0.4, 0.5) is 0 Å². The van der Waals surface area contributed by atoms with Crippen molar-refractivity contribution in [3.8, 4) is 0 Å². The summed E-state index contributed by atoms with van der Waals surface area (Å²) in [7, 11) is 0. The Morgan fingerprint density at radius 1 is 0.571 bits per heavy atom. The predicted octanol–water partition coefficient (Wildman–Crippen LogP) is -2.38. The molecule has 0 radical (unpaired) electrons. The zero-order chi connectivity index (χ0) is 19.8. The Labute approximate surface area is 165 Å². The van der Waals surface area contributed by atoms with Crippen LogP contribution >= 0.6 is 0 Å². The topological polar surface area (TPSA) is 119 Å². The number of ether oxygens (including phenoxy) is 6. The standard InChI is InChI=1S/C18H33NO9/c20-13-7-23-10-16(13)26-4-1-19(2-5-27-17-11-24-8-14(17)21)3-6-28-18-12-25-9-15(18)22/h13-18,20-22H,1-12H2. The van der Waals surface area contributed by atoms with Crippen LogP contribution in [0.15, 0.2) is 0 Å². The second-order valence-corrected chi connectivity index (χ2v) is 7.38. The Kier molecular flexibility index (Phi) is 9.31. The molecule has 10 heteroatoms. The Morgan fingerprint density at radius 3 is 1.14 bits per heavy atom. The number of nitrogens with zero attached hydrogens (tertiary/aromatic N) is 1. The van der Waals surface area contributed by atoms with E-state index in [1.807, 2.05) is 0 Å². The van der Waals surface area contributed by atoms with Gasteiger partial charge in [0, 0.05) is 19.6 Å². The third-order valence-corrected chi connectivity index (χ3v) is 5.22. The van der Waals surface area contributed by atoms with Gasteiger partial charge < -0.3 is 43.7 Å². The molecule has 0 saturated carbocycles. The highest BCUT2D eigenvalue weighted by molar-refractivity contribution is 4.76. The van der Waals surface area contributed by atoms with Crippen molar-refractivity contribution in [2.24, 2.45) is 0 Å². The molecule has 164 valence electrons. The van der Waals surface area contributed by atoms with Crippen molar-refractivity contribution >= 4 is 0 Å². The van der Waals surface area contributed by atoms with Crippen LogP contribution in [0.3, 0.4) is 0 Å². The van der Waals surface area contributed by atoms with E-state index in [-0.39, 0.29) is 18.3 Å². The lowest BCUT2D eigenvalue weighted by molar-refractivity contribution is -0.0435. The maximum Gasteiger partial charge on any atom is 0.109 e. The van der Waals surface area contributed by atoms with E-state index >= 15 is 0 Å². The molecule has 0 aromatic rings. The molecule has 3 heterocycles. The van der Waals surface area contributed by atoms with E-state index in [0.29, 0.717) is 79.1 Å². The highest BCUT2D eigenvalue weighted by Crippen LogP contribution is 2.12. The number of hydrogen-bond acceptors (Lipinski definition) is 10. The minimum Gasteiger partial charge on any atom is -0.388 e. The SMILES string of the molecule is OC1COCC1OCCN(CCOC1COCC1O)CCOC1COCC1O. The van der Waals surface area contributed by atoms with Gasteiger partial charge in [-0.25, -0.2) is 0 Å². The summed E-state index contributed by atoms with van der Waals surface area (Å²) in [6.45, 7) is 5.46. The minimum absolute atomic E-state index is 0.286. The first-order chi connectivity index (χ1) is 13.6. The van der Waals surface area contributed by atoms with Gasteiger partial charge in [-0.1, -0.05) is 0 Å². The van der Waals surface area contributed by atoms with E-state index in [4.69, 9.17) is 28.4 Å². The van der Waals surface area contributed by atoms with E-state index in [1.165, 1.54) is 0 Å². The summed E-state index contributed by atoms with van der Waals surface area (Å²) in [5.41, 5.74) is 0. The molecular weight excluding hydrogens is 374 g/mol. The Hall–Kier alpha value is -0.400. The number of hydrogen-bond donors (Lipinski definition) is 3. The monoisotopic (exact) mass is 407 g/mol. The number of rotatable bonds is 12. The molecule has 0 aromatic heterocycles. The van der Waals surface area contributed by atoms with Crippen molar-refractivity contribution in [1.82, 2.24) is 4.90 Å². The van der Waals surface area contributed by atoms with Gasteiger partial charge in [-0.15, -0.1) is 0 Å². The van der Waals surface area contributed by atoms with Gasteiger partial charge >= 0.3 is 0 Å². The summed E-state index contributed by atoms with van der Waals surface area (Å²) >= 11 is 0. The summed E-state index contributed by atoms with van der Waals surface area (Å²) in [5.74, 6) is 0. The second-order valence-electron chi connectivity index (χ2n) is 7.38. The van der Waals surface area contributed by atoms with Gasteiger partial charge in [0.15, 0.2) is 0 Å². The molecule has 6 unspecified atom stereocenters. The average Bonchev–Trinajstić information content (AvgIpc) is 3.38. The molecule has 0 amide bonds. The van der Waals surface area contributed by atoms with Gasteiger partial charge in [-0.05, 0) is 0 Å². The lowest BCUT2D eigenvalue weighted by atomic mass is 10.2. The molecule has 0 aliphatic carbocycles. The molecule has 0 aromatic carbocycles. The van der Waals surface area contributed by atoms with E-state index in [9.17, 15) is 15.3 Å². The summed E-state index contributed by atoms with van der Waals surface area (Å²) in [4.78, 5) is 2.13. The molecule has 0 spiro atoms. The van der Waals surface area contributed by atoms with E-state index in [1.54, 1.807) is 0 Å². The summed E-state index contributed by atoms with van der Waals surface area (Å²) < 4.78 is 32.7. The number of aliphatic hydroxyl groups excluding tert-OH is 3. The van der Waals surface area contributed by atoms with Gasteiger partial charge in [-0.3, -0.25) is 4.90 Å². The normalized spacial score (nSPS) is 36.0. The maximum atomic E-state index is 9.75. The highest BCUT2D eigenvalue weighted by Gasteiger charge is 2.29. The lowest BCUT2D eigenvalue weighted by Gasteiger charge is -2.25. The molecule has 10 nitrogen and oxygen atoms in total. The van der Waals surface area contributed by atoms with Crippen molar-refractivity contribution in [1.29, 1.82) is 0 Å². The highest BCUT2D eigenvalue weighted by atomic mass is 16.6. The van der Waals surface area contributed by atoms with Crippen molar-refractivity contribution in [2.75, 3.05) is 79.1 Å². The molecule has 0 bridgehead atoms. The molecule has 28 heavy (non-hydrogen) atoms. The first kappa shape index (κ1) is 22.3. The van der Waals surface area contributed by atoms with Crippen LogP contribution in [0.5, 0.6) is 0 Å². The molecule has 3 aliphatic rings. The fraction of sp³-hybridized carbons (Fsp3) is 1.00. The zero-order valence-corrected chi connectivity index (χ0v) is 16.2. The maximum absolute atomic E-state index is 9.75. The third kappa shape index (κ3) is 6.84. The Balaban J connectivity index is 1.36.